The Morgan fingerprint density at radius 1 is 1.45 bits per heavy atom. The number of nitrogens with one attached hydrogen (secondary N) is 1. The summed E-state index contributed by atoms with van der Waals surface area (Å²) in [6.45, 7) is 0.858. The molecule has 1 aromatic rings. The number of carbonyl (C=O) groups excluding carboxylic acids is 2. The lowest BCUT2D eigenvalue weighted by molar-refractivity contribution is -0.122. The number of hydrogen-bond acceptors (Lipinski definition) is 5. The molecule has 1 aromatic heterocycles. The van der Waals surface area contributed by atoms with Gasteiger partial charge in [0.2, 0.25) is 0 Å². The topological polar surface area (TPSA) is 90.9 Å². The van der Waals surface area contributed by atoms with E-state index in [0.717, 1.165) is 0 Å². The maximum Gasteiger partial charge on any atom is 0.272 e. The third kappa shape index (κ3) is 1.93. The number of fused-ring (bicyclic) bond motifs is 1. The Bertz CT molecular complexity index is 566. The molecule has 0 radical (unpaired) electrons. The van der Waals surface area contributed by atoms with Gasteiger partial charge in [-0.25, -0.2) is 0 Å². The van der Waals surface area contributed by atoms with Crippen LogP contribution in [0.3, 0.4) is 0 Å². The second-order valence-electron chi connectivity index (χ2n) is 5.11. The minimum absolute atomic E-state index is 0.142. The van der Waals surface area contributed by atoms with Gasteiger partial charge in [0.15, 0.2) is 11.8 Å². The molecule has 8 nitrogen and oxygen atoms in total. The van der Waals surface area contributed by atoms with Gasteiger partial charge in [-0.3, -0.25) is 14.7 Å². The third-order valence-corrected chi connectivity index (χ3v) is 3.55. The number of aromatic amines is 1. The van der Waals surface area contributed by atoms with Crippen molar-refractivity contribution in [3.05, 3.63) is 18.0 Å². The van der Waals surface area contributed by atoms with Gasteiger partial charge in [0.25, 0.3) is 11.8 Å². The van der Waals surface area contributed by atoms with Crippen molar-refractivity contribution in [1.82, 2.24) is 20.0 Å². The molecule has 1 fully saturated rings. The fourth-order valence-electron chi connectivity index (χ4n) is 2.47. The van der Waals surface area contributed by atoms with Crippen LogP contribution in [0.25, 0.3) is 0 Å². The Hall–Kier alpha value is -2.38. The first kappa shape index (κ1) is 12.6. The van der Waals surface area contributed by atoms with E-state index in [0.29, 0.717) is 24.5 Å². The van der Waals surface area contributed by atoms with E-state index in [1.165, 1.54) is 11.1 Å². The molecule has 0 spiro atoms. The summed E-state index contributed by atoms with van der Waals surface area (Å²) in [7, 11) is 3.33. The molecule has 2 aliphatic heterocycles. The minimum Gasteiger partial charge on any atom is -0.389 e. The van der Waals surface area contributed by atoms with Crippen molar-refractivity contribution in [2.75, 3.05) is 27.2 Å². The van der Waals surface area contributed by atoms with Gasteiger partial charge in [-0.05, 0) is 6.07 Å². The first-order chi connectivity index (χ1) is 9.58. The summed E-state index contributed by atoms with van der Waals surface area (Å²) in [5.41, 5.74) is 0.822. The SMILES string of the molecule is CN(C)C(=O)C1=NO[C@@H]2CN(C(=O)c3ccn[nH]3)C[C@H]12. The largest absolute Gasteiger partial charge is 0.389 e. The molecule has 0 aromatic carbocycles. The Morgan fingerprint density at radius 3 is 2.90 bits per heavy atom. The van der Waals surface area contributed by atoms with E-state index in [1.807, 2.05) is 0 Å². The van der Waals surface area contributed by atoms with Crippen LogP contribution in [0.5, 0.6) is 0 Å². The predicted octanol–water partition coefficient (Wildman–Crippen LogP) is -0.675. The van der Waals surface area contributed by atoms with E-state index in [1.54, 1.807) is 25.1 Å². The van der Waals surface area contributed by atoms with E-state index in [4.69, 9.17) is 4.84 Å². The number of aromatic nitrogens is 2. The Morgan fingerprint density at radius 2 is 2.25 bits per heavy atom. The predicted molar refractivity (Wildman–Crippen MR) is 69.0 cm³/mol. The second-order valence-corrected chi connectivity index (χ2v) is 5.11. The van der Waals surface area contributed by atoms with Crippen LogP contribution in [0.2, 0.25) is 0 Å². The number of nitrogens with zero attached hydrogens (tertiary/aromatic N) is 4. The van der Waals surface area contributed by atoms with E-state index in [2.05, 4.69) is 15.4 Å². The number of hydrogen-bond donors (Lipinski definition) is 1. The summed E-state index contributed by atoms with van der Waals surface area (Å²) in [6, 6.07) is 1.62. The van der Waals surface area contributed by atoms with Crippen molar-refractivity contribution in [2.45, 2.75) is 6.10 Å². The Labute approximate surface area is 115 Å². The van der Waals surface area contributed by atoms with Gasteiger partial charge in [-0.1, -0.05) is 5.16 Å². The van der Waals surface area contributed by atoms with Gasteiger partial charge in [-0.2, -0.15) is 5.10 Å². The van der Waals surface area contributed by atoms with E-state index in [9.17, 15) is 9.59 Å². The van der Waals surface area contributed by atoms with Crippen molar-refractivity contribution in [1.29, 1.82) is 0 Å². The standard InChI is InChI=1S/C12H15N5O3/c1-16(2)12(19)10-7-5-17(6-9(7)20-15-10)11(18)8-3-4-13-14-8/h3-4,7,9H,5-6H2,1-2H3,(H,13,14)/t7-,9+/m0/s1. The number of likely N-dealkylation sites (tertiary alicyclic amines) is 1. The van der Waals surface area contributed by atoms with Crippen molar-refractivity contribution in [3.63, 3.8) is 0 Å². The molecular weight excluding hydrogens is 262 g/mol. The summed E-state index contributed by atoms with van der Waals surface area (Å²) in [5.74, 6) is -0.470. The van der Waals surface area contributed by atoms with Crippen LogP contribution < -0.4 is 0 Å². The van der Waals surface area contributed by atoms with Gasteiger partial charge >= 0.3 is 0 Å². The average Bonchev–Trinajstić information content (AvgIpc) is 3.12. The van der Waals surface area contributed by atoms with Gasteiger partial charge in [0.1, 0.15) is 5.69 Å². The normalized spacial score (nSPS) is 24.1. The highest BCUT2D eigenvalue weighted by molar-refractivity contribution is 6.40. The molecule has 0 saturated carbocycles. The van der Waals surface area contributed by atoms with Crippen molar-refractivity contribution in [3.8, 4) is 0 Å². The molecule has 106 valence electrons. The first-order valence-corrected chi connectivity index (χ1v) is 6.32. The van der Waals surface area contributed by atoms with Gasteiger partial charge in [0, 0.05) is 26.8 Å². The van der Waals surface area contributed by atoms with Crippen LogP contribution >= 0.6 is 0 Å². The third-order valence-electron chi connectivity index (χ3n) is 3.55. The molecule has 20 heavy (non-hydrogen) atoms. The molecular formula is C12H15N5O3. The fourth-order valence-corrected chi connectivity index (χ4v) is 2.47. The highest BCUT2D eigenvalue weighted by Crippen LogP contribution is 2.28. The molecule has 1 N–H and O–H groups in total. The summed E-state index contributed by atoms with van der Waals surface area (Å²) >= 11 is 0. The number of H-pyrrole nitrogens is 1. The van der Waals surface area contributed by atoms with E-state index in [-0.39, 0.29) is 23.8 Å². The molecule has 2 atom stereocenters. The molecule has 0 bridgehead atoms. The van der Waals surface area contributed by atoms with E-state index < -0.39 is 0 Å². The van der Waals surface area contributed by atoms with Gasteiger partial charge < -0.3 is 14.6 Å². The van der Waals surface area contributed by atoms with Crippen molar-refractivity contribution in [2.24, 2.45) is 11.1 Å². The molecule has 3 rings (SSSR count). The molecule has 0 aliphatic carbocycles. The molecule has 3 heterocycles. The smallest absolute Gasteiger partial charge is 0.272 e. The molecule has 8 heteroatoms. The zero-order valence-electron chi connectivity index (χ0n) is 11.2. The van der Waals surface area contributed by atoms with Crippen LogP contribution in [0.1, 0.15) is 10.5 Å². The monoisotopic (exact) mass is 277 g/mol. The summed E-state index contributed by atoms with van der Waals surface area (Å²) < 4.78 is 0. The summed E-state index contributed by atoms with van der Waals surface area (Å²) in [6.07, 6.45) is 1.30. The zero-order chi connectivity index (χ0) is 14.3. The van der Waals surface area contributed by atoms with Crippen molar-refractivity contribution >= 4 is 17.5 Å². The maximum atomic E-state index is 12.2. The molecule has 0 unspecified atom stereocenters. The summed E-state index contributed by atoms with van der Waals surface area (Å²) in [4.78, 5) is 32.6. The molecule has 1 saturated heterocycles. The highest BCUT2D eigenvalue weighted by Gasteiger charge is 2.46. The molecule has 2 aliphatic rings. The number of amides is 2. The van der Waals surface area contributed by atoms with Gasteiger partial charge in [0.05, 0.1) is 12.5 Å². The lowest BCUT2D eigenvalue weighted by Gasteiger charge is -2.16. The summed E-state index contributed by atoms with van der Waals surface area (Å²) in [5, 5.41) is 10.3. The van der Waals surface area contributed by atoms with Crippen LogP contribution in [0.15, 0.2) is 17.4 Å². The minimum atomic E-state index is -0.235. The first-order valence-electron chi connectivity index (χ1n) is 6.32. The Balaban J connectivity index is 1.73. The van der Waals surface area contributed by atoms with Gasteiger partial charge in [-0.15, -0.1) is 0 Å². The second kappa shape index (κ2) is 4.62. The number of rotatable bonds is 2. The fraction of sp³-hybridized carbons (Fsp3) is 0.500. The number of oxime groups is 1. The van der Waals surface area contributed by atoms with E-state index >= 15 is 0 Å². The van der Waals surface area contributed by atoms with Crippen molar-refractivity contribution < 1.29 is 14.4 Å². The Kier molecular flexibility index (Phi) is 2.92. The van der Waals surface area contributed by atoms with Crippen LogP contribution in [0, 0.1) is 5.92 Å². The average molecular weight is 277 g/mol. The van der Waals surface area contributed by atoms with Crippen LogP contribution in [-0.4, -0.2) is 70.8 Å². The lowest BCUT2D eigenvalue weighted by Crippen LogP contribution is -2.36. The zero-order valence-corrected chi connectivity index (χ0v) is 11.2. The lowest BCUT2D eigenvalue weighted by atomic mass is 10.00. The maximum absolute atomic E-state index is 12.2. The quantitative estimate of drug-likeness (QED) is 0.775. The van der Waals surface area contributed by atoms with Crippen LogP contribution in [0.4, 0.5) is 0 Å². The molecule has 2 amide bonds. The highest BCUT2D eigenvalue weighted by atomic mass is 16.6. The number of carbonyl (C=O) groups is 2. The van der Waals surface area contributed by atoms with Crippen LogP contribution in [-0.2, 0) is 9.63 Å².